The Kier molecular flexibility index (Phi) is 10.1. The number of urea groups is 1. The lowest BCUT2D eigenvalue weighted by Gasteiger charge is -2.22. The molecule has 6 nitrogen and oxygen atoms in total. The van der Waals surface area contributed by atoms with E-state index in [9.17, 15) is 9.59 Å². The molecule has 146 valence electrons. The van der Waals surface area contributed by atoms with Crippen LogP contribution in [0.15, 0.2) is 24.3 Å². The molecule has 1 heterocycles. The first-order valence-corrected chi connectivity index (χ1v) is 9.17. The molecule has 26 heavy (non-hydrogen) atoms. The van der Waals surface area contributed by atoms with Crippen LogP contribution in [0.4, 0.5) is 10.5 Å². The molecule has 0 aromatic heterocycles. The van der Waals surface area contributed by atoms with E-state index in [4.69, 9.17) is 0 Å². The molecule has 1 aliphatic rings. The van der Waals surface area contributed by atoms with Crippen molar-refractivity contribution in [3.63, 3.8) is 0 Å². The second kappa shape index (κ2) is 11.8. The van der Waals surface area contributed by atoms with Crippen molar-refractivity contribution < 1.29 is 9.59 Å². The Hall–Kier alpha value is -1.79. The maximum Gasteiger partial charge on any atom is 0.319 e. The predicted octanol–water partition coefficient (Wildman–Crippen LogP) is 3.03. The summed E-state index contributed by atoms with van der Waals surface area (Å²) in [4.78, 5) is 23.6. The van der Waals surface area contributed by atoms with Crippen LogP contribution in [-0.4, -0.2) is 31.1 Å². The molecule has 7 heteroatoms. The van der Waals surface area contributed by atoms with Crippen molar-refractivity contribution in [3.05, 3.63) is 29.8 Å². The minimum atomic E-state index is -0.214. The molecule has 3 amide bonds. The van der Waals surface area contributed by atoms with Gasteiger partial charge in [-0.2, -0.15) is 0 Å². The molecule has 4 N–H and O–H groups in total. The van der Waals surface area contributed by atoms with Gasteiger partial charge in [0.1, 0.15) is 0 Å². The van der Waals surface area contributed by atoms with E-state index in [2.05, 4.69) is 21.3 Å². The second-order valence-corrected chi connectivity index (χ2v) is 6.96. The number of halogens is 1. The first-order valence-electron chi connectivity index (χ1n) is 9.17. The maximum atomic E-state index is 12.0. The summed E-state index contributed by atoms with van der Waals surface area (Å²) in [7, 11) is 0. The number of hydrogen-bond acceptors (Lipinski definition) is 3. The number of piperidine rings is 1. The number of amides is 3. The number of carbonyl (C=O) groups is 2. The summed E-state index contributed by atoms with van der Waals surface area (Å²) in [5.41, 5.74) is 1.75. The summed E-state index contributed by atoms with van der Waals surface area (Å²) in [5, 5.41) is 11.9. The first-order chi connectivity index (χ1) is 12.0. The molecular weight excluding hydrogens is 352 g/mol. The fraction of sp³-hybridized carbons (Fsp3) is 0.579. The number of rotatable bonds is 7. The third kappa shape index (κ3) is 8.54. The lowest BCUT2D eigenvalue weighted by Crippen LogP contribution is -2.34. The van der Waals surface area contributed by atoms with Gasteiger partial charge in [0.15, 0.2) is 0 Å². The quantitative estimate of drug-likeness (QED) is 0.585. The van der Waals surface area contributed by atoms with Gasteiger partial charge in [0.25, 0.3) is 0 Å². The lowest BCUT2D eigenvalue weighted by atomic mass is 9.93. The predicted molar refractivity (Wildman–Crippen MR) is 108 cm³/mol. The minimum absolute atomic E-state index is 0. The van der Waals surface area contributed by atoms with E-state index in [1.807, 2.05) is 38.1 Å². The van der Waals surface area contributed by atoms with Crippen molar-refractivity contribution in [2.24, 2.45) is 5.92 Å². The van der Waals surface area contributed by atoms with Crippen LogP contribution in [0.2, 0.25) is 0 Å². The highest BCUT2D eigenvalue weighted by molar-refractivity contribution is 5.89. The number of benzene rings is 1. The van der Waals surface area contributed by atoms with Gasteiger partial charge in [0, 0.05) is 24.7 Å². The lowest BCUT2D eigenvalue weighted by molar-refractivity contribution is -0.121. The normalized spacial score (nSPS) is 14.4. The van der Waals surface area contributed by atoms with Gasteiger partial charge in [-0.25, -0.2) is 4.79 Å². The smallest absolute Gasteiger partial charge is 0.319 e. The van der Waals surface area contributed by atoms with Crippen molar-refractivity contribution >= 4 is 30.0 Å². The summed E-state index contributed by atoms with van der Waals surface area (Å²) in [6.07, 6.45) is 3.92. The maximum absolute atomic E-state index is 12.0. The molecule has 0 atom stereocenters. The van der Waals surface area contributed by atoms with Gasteiger partial charge in [-0.1, -0.05) is 12.1 Å². The summed E-state index contributed by atoms with van der Waals surface area (Å²) in [5.74, 6) is 0.784. The molecule has 1 fully saturated rings. The number of anilines is 1. The number of carbonyl (C=O) groups excluding carboxylic acids is 2. The highest BCUT2D eigenvalue weighted by Gasteiger charge is 2.14. The van der Waals surface area contributed by atoms with E-state index in [-0.39, 0.29) is 30.4 Å². The van der Waals surface area contributed by atoms with Gasteiger partial charge in [-0.05, 0) is 69.8 Å². The second-order valence-electron chi connectivity index (χ2n) is 6.96. The Morgan fingerprint density at radius 1 is 1.15 bits per heavy atom. The average molecular weight is 383 g/mol. The van der Waals surface area contributed by atoms with Crippen molar-refractivity contribution in [1.29, 1.82) is 0 Å². The van der Waals surface area contributed by atoms with Crippen molar-refractivity contribution in [2.45, 2.75) is 52.1 Å². The number of nitrogens with one attached hydrogen (secondary N) is 4. The van der Waals surface area contributed by atoms with Crippen LogP contribution in [0.3, 0.4) is 0 Å². The molecule has 2 rings (SSSR count). The third-order valence-corrected chi connectivity index (χ3v) is 4.36. The molecule has 1 aliphatic heterocycles. The van der Waals surface area contributed by atoms with E-state index in [1.165, 1.54) is 12.8 Å². The summed E-state index contributed by atoms with van der Waals surface area (Å²) in [6, 6.07) is 7.40. The Labute approximate surface area is 162 Å². The SMILES string of the molecule is CC(C)NC(=O)Nc1ccc(CNC(=O)CCC2CCNCC2)cc1.Cl. The Balaban J connectivity index is 0.00000338. The number of hydrogen-bond donors (Lipinski definition) is 4. The molecule has 0 saturated carbocycles. The zero-order valence-corrected chi connectivity index (χ0v) is 16.5. The molecule has 0 radical (unpaired) electrons. The third-order valence-electron chi connectivity index (χ3n) is 4.36. The molecule has 1 aromatic carbocycles. The van der Waals surface area contributed by atoms with Gasteiger partial charge in [-0.3, -0.25) is 4.79 Å². The van der Waals surface area contributed by atoms with Crippen molar-refractivity contribution in [2.75, 3.05) is 18.4 Å². The van der Waals surface area contributed by atoms with Crippen LogP contribution in [0, 0.1) is 5.92 Å². The molecular formula is C19H31ClN4O2. The van der Waals surface area contributed by atoms with Gasteiger partial charge in [0.2, 0.25) is 5.91 Å². The van der Waals surface area contributed by atoms with Crippen LogP contribution >= 0.6 is 12.4 Å². The molecule has 1 saturated heterocycles. The highest BCUT2D eigenvalue weighted by Crippen LogP contribution is 2.17. The monoisotopic (exact) mass is 382 g/mol. The zero-order valence-electron chi connectivity index (χ0n) is 15.6. The van der Waals surface area contributed by atoms with Crippen LogP contribution < -0.4 is 21.3 Å². The highest BCUT2D eigenvalue weighted by atomic mass is 35.5. The summed E-state index contributed by atoms with van der Waals surface area (Å²) >= 11 is 0. The van der Waals surface area contributed by atoms with Crippen LogP contribution in [0.25, 0.3) is 0 Å². The molecule has 0 spiro atoms. The fourth-order valence-corrected chi connectivity index (χ4v) is 2.93. The Morgan fingerprint density at radius 3 is 2.42 bits per heavy atom. The molecule has 1 aromatic rings. The van der Waals surface area contributed by atoms with E-state index >= 15 is 0 Å². The van der Waals surface area contributed by atoms with Crippen molar-refractivity contribution in [1.82, 2.24) is 16.0 Å². The average Bonchev–Trinajstić information content (AvgIpc) is 2.59. The van der Waals surface area contributed by atoms with Crippen molar-refractivity contribution in [3.8, 4) is 0 Å². The molecule has 0 unspecified atom stereocenters. The van der Waals surface area contributed by atoms with Gasteiger partial charge in [-0.15, -0.1) is 12.4 Å². The standard InChI is InChI=1S/C19H30N4O2.ClH/c1-14(2)22-19(25)23-17-6-3-16(4-7-17)13-21-18(24)8-5-15-9-11-20-12-10-15;/h3-4,6-7,14-15,20H,5,8-13H2,1-2H3,(H,21,24)(H2,22,23,25);1H. The topological polar surface area (TPSA) is 82.3 Å². The fourth-order valence-electron chi connectivity index (χ4n) is 2.93. The van der Waals surface area contributed by atoms with Gasteiger partial charge < -0.3 is 21.3 Å². The van der Waals surface area contributed by atoms with Gasteiger partial charge in [0.05, 0.1) is 0 Å². The van der Waals surface area contributed by atoms with E-state index in [0.29, 0.717) is 18.9 Å². The summed E-state index contributed by atoms with van der Waals surface area (Å²) in [6.45, 7) is 6.49. The van der Waals surface area contributed by atoms with Crippen LogP contribution in [-0.2, 0) is 11.3 Å². The van der Waals surface area contributed by atoms with E-state index in [0.717, 1.165) is 30.8 Å². The van der Waals surface area contributed by atoms with Gasteiger partial charge >= 0.3 is 6.03 Å². The molecule has 0 bridgehead atoms. The zero-order chi connectivity index (χ0) is 18.1. The summed E-state index contributed by atoms with van der Waals surface area (Å²) < 4.78 is 0. The molecule has 0 aliphatic carbocycles. The van der Waals surface area contributed by atoms with Crippen LogP contribution in [0.1, 0.15) is 45.1 Å². The first kappa shape index (κ1) is 22.3. The van der Waals surface area contributed by atoms with E-state index < -0.39 is 0 Å². The minimum Gasteiger partial charge on any atom is -0.352 e. The Morgan fingerprint density at radius 2 is 1.81 bits per heavy atom. The van der Waals surface area contributed by atoms with E-state index in [1.54, 1.807) is 0 Å². The Bertz CT molecular complexity index is 557. The largest absolute Gasteiger partial charge is 0.352 e. The van der Waals surface area contributed by atoms with Crippen LogP contribution in [0.5, 0.6) is 0 Å².